The fourth-order valence-electron chi connectivity index (χ4n) is 2.86. The molecule has 1 aromatic heterocycles. The van der Waals surface area contributed by atoms with Gasteiger partial charge < -0.3 is 19.0 Å². The molecule has 0 N–H and O–H groups in total. The van der Waals surface area contributed by atoms with E-state index in [1.807, 2.05) is 0 Å². The number of furan rings is 1. The standard InChI is InChI=1S/C17H19FN2O4/c1-3-23-17(22)20-9-7-19(8-10-20)16(21)14-11(2)12-5-4-6-13(18)15(12)24-14/h4-6H,3,7-10H2,1-2H3. The van der Waals surface area contributed by atoms with E-state index in [-0.39, 0.29) is 23.3 Å². The van der Waals surface area contributed by atoms with Gasteiger partial charge in [0.05, 0.1) is 6.61 Å². The molecule has 0 bridgehead atoms. The second-order valence-corrected chi connectivity index (χ2v) is 5.65. The van der Waals surface area contributed by atoms with Gasteiger partial charge in [-0.15, -0.1) is 0 Å². The zero-order chi connectivity index (χ0) is 17.3. The summed E-state index contributed by atoms with van der Waals surface area (Å²) in [5.41, 5.74) is 0.728. The molecule has 2 aromatic rings. The van der Waals surface area contributed by atoms with E-state index in [1.54, 1.807) is 35.8 Å². The SMILES string of the molecule is CCOC(=O)N1CCN(C(=O)c2oc3c(F)cccc3c2C)CC1. The smallest absolute Gasteiger partial charge is 0.409 e. The molecule has 6 nitrogen and oxygen atoms in total. The number of rotatable bonds is 2. The van der Waals surface area contributed by atoms with Crippen LogP contribution in [0.25, 0.3) is 11.0 Å². The molecule has 7 heteroatoms. The van der Waals surface area contributed by atoms with E-state index in [0.717, 1.165) is 0 Å². The van der Waals surface area contributed by atoms with Gasteiger partial charge in [0, 0.05) is 37.1 Å². The number of hydrogen-bond acceptors (Lipinski definition) is 4. The lowest BCUT2D eigenvalue weighted by molar-refractivity contribution is 0.0547. The van der Waals surface area contributed by atoms with Gasteiger partial charge in [-0.25, -0.2) is 9.18 Å². The molecule has 0 saturated carbocycles. The summed E-state index contributed by atoms with van der Waals surface area (Å²) in [4.78, 5) is 27.5. The quantitative estimate of drug-likeness (QED) is 0.847. The Morgan fingerprint density at radius 2 is 1.88 bits per heavy atom. The van der Waals surface area contributed by atoms with E-state index < -0.39 is 5.82 Å². The van der Waals surface area contributed by atoms with Crippen LogP contribution in [0.5, 0.6) is 0 Å². The van der Waals surface area contributed by atoms with Gasteiger partial charge in [0.15, 0.2) is 17.2 Å². The molecule has 0 unspecified atom stereocenters. The summed E-state index contributed by atoms with van der Waals surface area (Å²) in [5.74, 6) is -0.618. The molecule has 1 saturated heterocycles. The van der Waals surface area contributed by atoms with Crippen LogP contribution in [0, 0.1) is 12.7 Å². The third-order valence-electron chi connectivity index (χ3n) is 4.20. The van der Waals surface area contributed by atoms with Crippen molar-refractivity contribution in [2.24, 2.45) is 0 Å². The molecule has 0 aliphatic carbocycles. The summed E-state index contributed by atoms with van der Waals surface area (Å²) in [6.07, 6.45) is -0.369. The predicted octanol–water partition coefficient (Wildman–Crippen LogP) is 2.79. The largest absolute Gasteiger partial charge is 0.450 e. The van der Waals surface area contributed by atoms with Gasteiger partial charge in [-0.2, -0.15) is 0 Å². The van der Waals surface area contributed by atoms with E-state index in [4.69, 9.17) is 9.15 Å². The summed E-state index contributed by atoms with van der Waals surface area (Å²) in [6.45, 7) is 5.39. The number of nitrogens with zero attached hydrogens (tertiary/aromatic N) is 2. The number of piperazine rings is 1. The van der Waals surface area contributed by atoms with E-state index in [9.17, 15) is 14.0 Å². The van der Waals surface area contributed by atoms with Crippen molar-refractivity contribution in [3.05, 3.63) is 35.3 Å². The summed E-state index contributed by atoms with van der Waals surface area (Å²) < 4.78 is 24.3. The Kier molecular flexibility index (Phi) is 4.42. The Bertz CT molecular complexity index is 778. The minimum atomic E-state index is -0.484. The van der Waals surface area contributed by atoms with Crippen molar-refractivity contribution < 1.29 is 23.1 Å². The lowest BCUT2D eigenvalue weighted by Crippen LogP contribution is -2.50. The fourth-order valence-corrected chi connectivity index (χ4v) is 2.86. The number of carbonyl (C=O) groups is 2. The molecule has 128 valence electrons. The molecule has 0 spiro atoms. The van der Waals surface area contributed by atoms with Gasteiger partial charge in [-0.05, 0) is 19.9 Å². The fraction of sp³-hybridized carbons (Fsp3) is 0.412. The number of halogens is 1. The Hall–Kier alpha value is -2.57. The predicted molar refractivity (Wildman–Crippen MR) is 85.4 cm³/mol. The highest BCUT2D eigenvalue weighted by Crippen LogP contribution is 2.28. The van der Waals surface area contributed by atoms with Crippen LogP contribution in [0.1, 0.15) is 23.0 Å². The Morgan fingerprint density at radius 1 is 1.21 bits per heavy atom. The number of hydrogen-bond donors (Lipinski definition) is 0. The number of para-hydroxylation sites is 1. The first-order chi connectivity index (χ1) is 11.5. The van der Waals surface area contributed by atoms with Crippen LogP contribution in [-0.2, 0) is 4.74 Å². The molecule has 1 aromatic carbocycles. The number of ether oxygens (including phenoxy) is 1. The zero-order valence-corrected chi connectivity index (χ0v) is 13.7. The molecule has 1 aliphatic heterocycles. The van der Waals surface area contributed by atoms with Crippen LogP contribution in [0.3, 0.4) is 0 Å². The molecular weight excluding hydrogens is 315 g/mol. The third kappa shape index (κ3) is 2.81. The summed E-state index contributed by atoms with van der Waals surface area (Å²) in [7, 11) is 0. The van der Waals surface area contributed by atoms with E-state index in [2.05, 4.69) is 0 Å². The van der Waals surface area contributed by atoms with Gasteiger partial charge in [0.25, 0.3) is 5.91 Å². The van der Waals surface area contributed by atoms with Crippen LogP contribution in [0.15, 0.2) is 22.6 Å². The molecule has 3 rings (SSSR count). The van der Waals surface area contributed by atoms with Crippen molar-refractivity contribution >= 4 is 23.0 Å². The highest BCUT2D eigenvalue weighted by Gasteiger charge is 2.29. The van der Waals surface area contributed by atoms with E-state index in [0.29, 0.717) is 43.7 Å². The molecular formula is C17H19FN2O4. The molecule has 1 fully saturated rings. The lowest BCUT2D eigenvalue weighted by Gasteiger charge is -2.33. The maximum atomic E-state index is 13.8. The van der Waals surface area contributed by atoms with Crippen LogP contribution in [0.2, 0.25) is 0 Å². The van der Waals surface area contributed by atoms with E-state index >= 15 is 0 Å². The first-order valence-corrected chi connectivity index (χ1v) is 7.91. The van der Waals surface area contributed by atoms with Crippen LogP contribution >= 0.6 is 0 Å². The van der Waals surface area contributed by atoms with Gasteiger partial charge in [0.1, 0.15) is 0 Å². The Labute approximate surface area is 138 Å². The summed E-state index contributed by atoms with van der Waals surface area (Å²) >= 11 is 0. The average Bonchev–Trinajstić information content (AvgIpc) is 2.93. The van der Waals surface area contributed by atoms with Crippen molar-refractivity contribution in [3.8, 4) is 0 Å². The van der Waals surface area contributed by atoms with Gasteiger partial charge >= 0.3 is 6.09 Å². The van der Waals surface area contributed by atoms with Crippen LogP contribution in [0.4, 0.5) is 9.18 Å². The van der Waals surface area contributed by atoms with Gasteiger partial charge in [-0.1, -0.05) is 12.1 Å². The van der Waals surface area contributed by atoms with Crippen LogP contribution in [-0.4, -0.2) is 54.6 Å². The lowest BCUT2D eigenvalue weighted by atomic mass is 10.1. The topological polar surface area (TPSA) is 63.0 Å². The first-order valence-electron chi connectivity index (χ1n) is 7.91. The number of carbonyl (C=O) groups excluding carboxylic acids is 2. The van der Waals surface area contributed by atoms with Crippen molar-refractivity contribution in [1.29, 1.82) is 0 Å². The van der Waals surface area contributed by atoms with Crippen LogP contribution < -0.4 is 0 Å². The van der Waals surface area contributed by atoms with Gasteiger partial charge in [0.2, 0.25) is 0 Å². The molecule has 2 amide bonds. The second kappa shape index (κ2) is 6.51. The Morgan fingerprint density at radius 3 is 2.50 bits per heavy atom. The monoisotopic (exact) mass is 334 g/mol. The molecule has 0 radical (unpaired) electrons. The number of fused-ring (bicyclic) bond motifs is 1. The highest BCUT2D eigenvalue weighted by atomic mass is 19.1. The Balaban J connectivity index is 1.75. The highest BCUT2D eigenvalue weighted by molar-refractivity contribution is 5.99. The maximum absolute atomic E-state index is 13.8. The maximum Gasteiger partial charge on any atom is 0.409 e. The third-order valence-corrected chi connectivity index (χ3v) is 4.20. The number of amides is 2. The van der Waals surface area contributed by atoms with Crippen molar-refractivity contribution in [2.75, 3.05) is 32.8 Å². The minimum absolute atomic E-state index is 0.100. The van der Waals surface area contributed by atoms with Crippen molar-refractivity contribution in [3.63, 3.8) is 0 Å². The van der Waals surface area contributed by atoms with Crippen molar-refractivity contribution in [2.45, 2.75) is 13.8 Å². The number of aryl methyl sites for hydroxylation is 1. The molecule has 1 aliphatic rings. The molecule has 24 heavy (non-hydrogen) atoms. The van der Waals surface area contributed by atoms with Gasteiger partial charge in [-0.3, -0.25) is 4.79 Å². The number of benzene rings is 1. The summed E-state index contributed by atoms with van der Waals surface area (Å²) in [5, 5.41) is 0.600. The van der Waals surface area contributed by atoms with E-state index in [1.165, 1.54) is 6.07 Å². The summed E-state index contributed by atoms with van der Waals surface area (Å²) in [6, 6.07) is 4.62. The minimum Gasteiger partial charge on any atom is -0.450 e. The zero-order valence-electron chi connectivity index (χ0n) is 13.7. The average molecular weight is 334 g/mol. The van der Waals surface area contributed by atoms with Crippen molar-refractivity contribution in [1.82, 2.24) is 9.80 Å². The normalized spacial score (nSPS) is 15.0. The first kappa shape index (κ1) is 16.3. The second-order valence-electron chi connectivity index (χ2n) is 5.65. The molecule has 2 heterocycles. The molecule has 0 atom stereocenters.